The molecule has 0 aliphatic rings. The van der Waals surface area contributed by atoms with Crippen molar-refractivity contribution < 1.29 is 32.6 Å². The van der Waals surface area contributed by atoms with Crippen LogP contribution in [-0.4, -0.2) is 63.2 Å². The first kappa shape index (κ1) is 29.3. The Hall–Kier alpha value is -3.64. The van der Waals surface area contributed by atoms with Crippen molar-refractivity contribution in [2.24, 2.45) is 0 Å². The number of carboxylic acid groups (broad SMARTS) is 1. The van der Waals surface area contributed by atoms with Gasteiger partial charge in [-0.15, -0.1) is 0 Å². The van der Waals surface area contributed by atoms with E-state index in [-0.39, 0.29) is 32.1 Å². The molecular weight excluding hydrogens is 545 g/mol. The maximum absolute atomic E-state index is 12.9. The van der Waals surface area contributed by atoms with E-state index in [1.807, 2.05) is 49.6 Å². The van der Waals surface area contributed by atoms with Gasteiger partial charge in [0, 0.05) is 36.8 Å². The number of aromatic nitrogens is 2. The lowest BCUT2D eigenvalue weighted by atomic mass is 10.1. The van der Waals surface area contributed by atoms with Gasteiger partial charge < -0.3 is 20.1 Å². The van der Waals surface area contributed by atoms with Crippen molar-refractivity contribution in [1.82, 2.24) is 19.6 Å². The fourth-order valence-electron chi connectivity index (χ4n) is 4.32. The van der Waals surface area contributed by atoms with Crippen LogP contribution in [0.2, 0.25) is 0 Å². The van der Waals surface area contributed by atoms with Crippen LogP contribution in [0.3, 0.4) is 0 Å². The molecule has 0 unspecified atom stereocenters. The summed E-state index contributed by atoms with van der Waals surface area (Å²) in [5, 5.41) is 12.1. The lowest BCUT2D eigenvalue weighted by Crippen LogP contribution is -2.46. The molecule has 2 aromatic carbocycles. The minimum atomic E-state index is -4.39. The predicted molar refractivity (Wildman–Crippen MR) is 148 cm³/mol. The Kier molecular flexibility index (Phi) is 8.69. The molecule has 0 atom stereocenters. The zero-order valence-corrected chi connectivity index (χ0v) is 23.2. The van der Waals surface area contributed by atoms with Crippen molar-refractivity contribution in [3.8, 4) is 11.3 Å². The number of hydrogen-bond acceptors (Lipinski definition) is 5. The molecular formula is C28H31F3N4O4S. The molecule has 0 spiro atoms. The second-order valence-electron chi connectivity index (χ2n) is 10.3. The zero-order chi connectivity index (χ0) is 29.1. The van der Waals surface area contributed by atoms with Gasteiger partial charge in [0.25, 0.3) is 0 Å². The van der Waals surface area contributed by atoms with E-state index in [4.69, 9.17) is 4.74 Å². The van der Waals surface area contributed by atoms with Gasteiger partial charge in [-0.1, -0.05) is 35.6 Å². The quantitative estimate of drug-likeness (QED) is 0.223. The fourth-order valence-corrected chi connectivity index (χ4v) is 5.47. The number of imidazole rings is 1. The number of thiazole rings is 1. The highest BCUT2D eigenvalue weighted by atomic mass is 32.1. The largest absolute Gasteiger partial charge is 0.465 e. The SMILES string of the molecule is CC(C)(C)N(CCOCCNC(=O)CCc1cccc2c1sc1nc(-c3ccc(C(F)(F)F)cc3)cn12)C(=O)O. The molecule has 0 radical (unpaired) electrons. The third-order valence-corrected chi connectivity index (χ3v) is 7.55. The van der Waals surface area contributed by atoms with Crippen molar-refractivity contribution in [1.29, 1.82) is 0 Å². The lowest BCUT2D eigenvalue weighted by molar-refractivity contribution is -0.137. The lowest BCUT2D eigenvalue weighted by Gasteiger charge is -2.32. The smallest absolute Gasteiger partial charge is 0.416 e. The predicted octanol–water partition coefficient (Wildman–Crippen LogP) is 6.08. The van der Waals surface area contributed by atoms with Crippen LogP contribution >= 0.6 is 11.3 Å². The molecule has 4 rings (SSSR count). The second-order valence-corrected chi connectivity index (χ2v) is 11.3. The molecule has 0 aliphatic carbocycles. The summed E-state index contributed by atoms with van der Waals surface area (Å²) >= 11 is 1.47. The van der Waals surface area contributed by atoms with E-state index in [1.54, 1.807) is 0 Å². The van der Waals surface area contributed by atoms with Gasteiger partial charge in [0.05, 0.1) is 34.7 Å². The van der Waals surface area contributed by atoms with E-state index < -0.39 is 23.4 Å². The van der Waals surface area contributed by atoms with Gasteiger partial charge in [-0.25, -0.2) is 9.78 Å². The van der Waals surface area contributed by atoms with Crippen molar-refractivity contribution in [2.45, 2.75) is 45.3 Å². The molecule has 0 aliphatic heterocycles. The molecule has 0 fully saturated rings. The second kappa shape index (κ2) is 11.8. The zero-order valence-electron chi connectivity index (χ0n) is 22.4. The molecule has 2 amide bonds. The van der Waals surface area contributed by atoms with E-state index in [0.29, 0.717) is 29.2 Å². The number of ether oxygens (including phenoxy) is 1. The number of carbonyl (C=O) groups excluding carboxylic acids is 1. The average molecular weight is 577 g/mol. The Balaban J connectivity index is 1.30. The van der Waals surface area contributed by atoms with E-state index in [0.717, 1.165) is 27.9 Å². The van der Waals surface area contributed by atoms with E-state index in [9.17, 15) is 27.9 Å². The Morgan fingerprint density at radius 3 is 2.48 bits per heavy atom. The van der Waals surface area contributed by atoms with Crippen LogP contribution in [0.1, 0.15) is 38.3 Å². The highest BCUT2D eigenvalue weighted by Crippen LogP contribution is 2.34. The third-order valence-electron chi connectivity index (χ3n) is 6.40. The first-order valence-electron chi connectivity index (χ1n) is 12.8. The number of amides is 2. The number of alkyl halides is 3. The maximum Gasteiger partial charge on any atom is 0.416 e. The Morgan fingerprint density at radius 1 is 1.10 bits per heavy atom. The van der Waals surface area contributed by atoms with Gasteiger partial charge in [-0.2, -0.15) is 13.2 Å². The van der Waals surface area contributed by atoms with E-state index in [2.05, 4.69) is 10.3 Å². The number of nitrogens with one attached hydrogen (secondary N) is 1. The summed E-state index contributed by atoms with van der Waals surface area (Å²) < 4.78 is 47.1. The number of hydrogen-bond donors (Lipinski definition) is 2. The molecule has 40 heavy (non-hydrogen) atoms. The van der Waals surface area contributed by atoms with Crippen LogP contribution in [-0.2, 0) is 22.1 Å². The molecule has 2 heterocycles. The number of benzene rings is 2. The summed E-state index contributed by atoms with van der Waals surface area (Å²) in [7, 11) is 0. The topological polar surface area (TPSA) is 96.2 Å². The van der Waals surface area contributed by atoms with Crippen LogP contribution in [0.5, 0.6) is 0 Å². The Labute approximate surface area is 233 Å². The summed E-state index contributed by atoms with van der Waals surface area (Å²) in [5.41, 5.74) is 1.89. The molecule has 2 aromatic heterocycles. The minimum absolute atomic E-state index is 0.117. The average Bonchev–Trinajstić information content (AvgIpc) is 3.44. The van der Waals surface area contributed by atoms with Crippen LogP contribution in [0.4, 0.5) is 18.0 Å². The number of nitrogens with zero attached hydrogens (tertiary/aromatic N) is 3. The van der Waals surface area contributed by atoms with Gasteiger partial charge in [-0.05, 0) is 51.0 Å². The summed E-state index contributed by atoms with van der Waals surface area (Å²) in [6.07, 6.45) is -2.77. The number of halogens is 3. The summed E-state index contributed by atoms with van der Waals surface area (Å²) in [5.74, 6) is -0.117. The first-order chi connectivity index (χ1) is 18.8. The van der Waals surface area contributed by atoms with Crippen molar-refractivity contribution >= 4 is 38.5 Å². The molecule has 2 N–H and O–H groups in total. The number of rotatable bonds is 10. The van der Waals surface area contributed by atoms with Gasteiger partial charge >= 0.3 is 12.3 Å². The molecule has 0 saturated carbocycles. The summed E-state index contributed by atoms with van der Waals surface area (Å²) in [6.45, 7) is 6.53. The first-order valence-corrected chi connectivity index (χ1v) is 13.6. The number of aryl methyl sites for hydroxylation is 1. The summed E-state index contributed by atoms with van der Waals surface area (Å²) in [4.78, 5) is 30.4. The van der Waals surface area contributed by atoms with Crippen molar-refractivity contribution in [3.63, 3.8) is 0 Å². The Bertz CT molecular complexity index is 1490. The van der Waals surface area contributed by atoms with Crippen molar-refractivity contribution in [3.05, 3.63) is 59.8 Å². The fraction of sp³-hybridized carbons (Fsp3) is 0.393. The van der Waals surface area contributed by atoms with Crippen LogP contribution in [0, 0.1) is 0 Å². The highest BCUT2D eigenvalue weighted by Gasteiger charge is 2.30. The van der Waals surface area contributed by atoms with Crippen LogP contribution in [0.15, 0.2) is 48.7 Å². The van der Waals surface area contributed by atoms with Crippen LogP contribution in [0.25, 0.3) is 26.4 Å². The van der Waals surface area contributed by atoms with Gasteiger partial charge in [0.2, 0.25) is 5.91 Å². The van der Waals surface area contributed by atoms with E-state index in [1.165, 1.54) is 28.4 Å². The highest BCUT2D eigenvalue weighted by molar-refractivity contribution is 7.23. The molecule has 4 aromatic rings. The minimum Gasteiger partial charge on any atom is -0.465 e. The van der Waals surface area contributed by atoms with Crippen LogP contribution < -0.4 is 5.32 Å². The summed E-state index contributed by atoms with van der Waals surface area (Å²) in [6, 6.07) is 10.8. The maximum atomic E-state index is 12.9. The van der Waals surface area contributed by atoms with Gasteiger partial charge in [-0.3, -0.25) is 9.20 Å². The van der Waals surface area contributed by atoms with Crippen molar-refractivity contribution in [2.75, 3.05) is 26.3 Å². The Morgan fingerprint density at radius 2 is 1.82 bits per heavy atom. The number of fused-ring (bicyclic) bond motifs is 3. The van der Waals surface area contributed by atoms with E-state index >= 15 is 0 Å². The molecule has 0 bridgehead atoms. The standard InChI is InChI=1S/C28H31F3N4O4S/c1-27(2,3)35(26(37)38)14-16-39-15-13-32-23(36)12-9-19-5-4-6-22-24(19)40-25-33-21(17-34(22)25)18-7-10-20(11-8-18)28(29,30)31/h4-8,10-11,17H,9,12-16H2,1-3H3,(H,32,36)(H,37,38). The molecule has 214 valence electrons. The van der Waals surface area contributed by atoms with Gasteiger partial charge in [0.1, 0.15) is 0 Å². The molecule has 0 saturated heterocycles. The third kappa shape index (κ3) is 6.92. The monoisotopic (exact) mass is 576 g/mol. The normalized spacial score (nSPS) is 12.2. The molecule has 12 heteroatoms. The number of carbonyl (C=O) groups is 2. The van der Waals surface area contributed by atoms with Gasteiger partial charge in [0.15, 0.2) is 4.96 Å². The molecule has 8 nitrogen and oxygen atoms in total.